The van der Waals surface area contributed by atoms with E-state index < -0.39 is 0 Å². The molecule has 0 aromatic heterocycles. The molecule has 0 bridgehead atoms. The summed E-state index contributed by atoms with van der Waals surface area (Å²) in [6.45, 7) is 0. The van der Waals surface area contributed by atoms with E-state index in [9.17, 15) is 0 Å². The second kappa shape index (κ2) is 11.8. The molecule has 0 amide bonds. The van der Waals surface area contributed by atoms with E-state index >= 15 is 0 Å². The van der Waals surface area contributed by atoms with Gasteiger partial charge in [-0.05, 0) is 79.8 Å². The number of hydrogen-bond acceptors (Lipinski definition) is 1. The van der Waals surface area contributed by atoms with Crippen molar-refractivity contribution in [1.82, 2.24) is 0 Å². The molecule has 36 heavy (non-hydrogen) atoms. The third-order valence-electron chi connectivity index (χ3n) is 10.6. The van der Waals surface area contributed by atoms with E-state index in [0.717, 1.165) is 23.7 Å². The summed E-state index contributed by atoms with van der Waals surface area (Å²) in [5.74, 6) is 3.80. The Labute approximate surface area is 221 Å². The third kappa shape index (κ3) is 5.06. The predicted octanol–water partition coefficient (Wildman–Crippen LogP) is 10.2. The quantitative estimate of drug-likeness (QED) is 0.325. The third-order valence-corrected chi connectivity index (χ3v) is 10.6. The summed E-state index contributed by atoms with van der Waals surface area (Å²) in [6.07, 6.45) is 40.9. The molecule has 0 radical (unpaired) electrons. The molecule has 194 valence electrons. The number of allylic oxidation sites excluding steroid dienone is 8. The van der Waals surface area contributed by atoms with Crippen LogP contribution < -0.4 is 0 Å². The van der Waals surface area contributed by atoms with Crippen molar-refractivity contribution in [1.29, 1.82) is 0 Å². The Kier molecular flexibility index (Phi) is 8.11. The molecule has 0 spiro atoms. The predicted molar refractivity (Wildman–Crippen MR) is 154 cm³/mol. The molecule has 1 heteroatoms. The monoisotopic (exact) mass is 483 g/mol. The van der Waals surface area contributed by atoms with Gasteiger partial charge >= 0.3 is 0 Å². The summed E-state index contributed by atoms with van der Waals surface area (Å²) in [6, 6.07) is 0. The van der Waals surface area contributed by atoms with Crippen LogP contribution in [0.1, 0.15) is 122 Å². The zero-order chi connectivity index (χ0) is 24.2. The summed E-state index contributed by atoms with van der Waals surface area (Å²) in [4.78, 5) is 5.79. The molecular weight excluding hydrogens is 434 g/mol. The average molecular weight is 484 g/mol. The van der Waals surface area contributed by atoms with Gasteiger partial charge in [0.05, 0.1) is 5.70 Å². The van der Waals surface area contributed by atoms with Crippen LogP contribution in [0.25, 0.3) is 0 Å². The van der Waals surface area contributed by atoms with Crippen molar-refractivity contribution in [3.05, 3.63) is 58.9 Å². The minimum atomic E-state index is 0.698. The number of nitrogens with zero attached hydrogens (tertiary/aromatic N) is 1. The lowest BCUT2D eigenvalue weighted by molar-refractivity contribution is 0.220. The highest BCUT2D eigenvalue weighted by atomic mass is 14.8. The van der Waals surface area contributed by atoms with Gasteiger partial charge in [0.1, 0.15) is 0 Å². The molecule has 1 heterocycles. The summed E-state index contributed by atoms with van der Waals surface area (Å²) in [7, 11) is 0. The van der Waals surface area contributed by atoms with Crippen LogP contribution in [0.15, 0.2) is 63.9 Å². The van der Waals surface area contributed by atoms with Gasteiger partial charge in [-0.15, -0.1) is 0 Å². The van der Waals surface area contributed by atoms with Crippen molar-refractivity contribution < 1.29 is 0 Å². The zero-order valence-electron chi connectivity index (χ0n) is 22.7. The van der Waals surface area contributed by atoms with Crippen LogP contribution in [0.5, 0.6) is 0 Å². The summed E-state index contributed by atoms with van der Waals surface area (Å²) < 4.78 is 0. The molecule has 0 aromatic carbocycles. The van der Waals surface area contributed by atoms with E-state index in [-0.39, 0.29) is 0 Å². The first-order valence-electron chi connectivity index (χ1n) is 16.0. The molecule has 3 fully saturated rings. The highest BCUT2D eigenvalue weighted by Crippen LogP contribution is 2.55. The van der Waals surface area contributed by atoms with Gasteiger partial charge in [-0.2, -0.15) is 0 Å². The lowest BCUT2D eigenvalue weighted by atomic mass is 9.58. The second-order valence-electron chi connectivity index (χ2n) is 12.8. The Bertz CT molecular complexity index is 969. The Balaban J connectivity index is 1.52. The van der Waals surface area contributed by atoms with Gasteiger partial charge in [0.2, 0.25) is 0 Å². The van der Waals surface area contributed by atoms with Gasteiger partial charge in [-0.3, -0.25) is 4.99 Å². The molecule has 5 unspecified atom stereocenters. The number of hydrogen-bond donors (Lipinski definition) is 0. The van der Waals surface area contributed by atoms with Gasteiger partial charge in [0.15, 0.2) is 0 Å². The topological polar surface area (TPSA) is 12.4 Å². The Morgan fingerprint density at radius 2 is 1.11 bits per heavy atom. The van der Waals surface area contributed by atoms with Crippen molar-refractivity contribution in [2.45, 2.75) is 122 Å². The van der Waals surface area contributed by atoms with Gasteiger partial charge in [-0.1, -0.05) is 114 Å². The van der Waals surface area contributed by atoms with Crippen LogP contribution in [-0.2, 0) is 0 Å². The molecule has 3 saturated carbocycles. The van der Waals surface area contributed by atoms with E-state index in [4.69, 9.17) is 4.99 Å². The molecule has 0 aromatic rings. The molecule has 5 atom stereocenters. The summed E-state index contributed by atoms with van der Waals surface area (Å²) in [5.41, 5.74) is 8.03. The average Bonchev–Trinajstić information content (AvgIpc) is 2.98. The fraction of sp³-hybridized carbons (Fsp3) is 0.686. The molecule has 0 saturated heterocycles. The standard InChI is InChI=1S/C35H49N/c1-3-10-18-26-19-11-9-17-25-32-33(26)31(24-16-6-1)34-29-22-14-5-2-4-12-20-27(29)28-21-13-7-8-15-23-30(28)35(34)36-32/h7-8,13,15,21,23,26-27,29,31,33H,1-6,9-12,14,16-20,22,24-25H2/b8-7-,13-7?,15-8?,21-13-,23-15-,28-21?,30-23?. The van der Waals surface area contributed by atoms with Gasteiger partial charge < -0.3 is 0 Å². The summed E-state index contributed by atoms with van der Waals surface area (Å²) in [5, 5.41) is 0. The van der Waals surface area contributed by atoms with E-state index in [1.54, 1.807) is 11.3 Å². The smallest absolute Gasteiger partial charge is 0.0702 e. The minimum Gasteiger partial charge on any atom is -0.257 e. The zero-order valence-corrected chi connectivity index (χ0v) is 22.7. The van der Waals surface area contributed by atoms with Crippen molar-refractivity contribution in [3.8, 4) is 0 Å². The fourth-order valence-electron chi connectivity index (χ4n) is 8.97. The molecule has 0 N–H and O–H groups in total. The Hall–Kier alpha value is -1.63. The van der Waals surface area contributed by atoms with Crippen LogP contribution in [0.2, 0.25) is 0 Å². The Morgan fingerprint density at radius 3 is 1.86 bits per heavy atom. The number of fused-ring (bicyclic) bond motifs is 5. The molecule has 5 aliphatic carbocycles. The van der Waals surface area contributed by atoms with Crippen LogP contribution in [0.3, 0.4) is 0 Å². The fourth-order valence-corrected chi connectivity index (χ4v) is 8.97. The van der Waals surface area contributed by atoms with Gasteiger partial charge in [-0.25, -0.2) is 0 Å². The lowest BCUT2D eigenvalue weighted by Crippen LogP contribution is -2.41. The first-order valence-corrected chi connectivity index (χ1v) is 16.0. The van der Waals surface area contributed by atoms with E-state index in [2.05, 4.69) is 36.5 Å². The van der Waals surface area contributed by atoms with Crippen LogP contribution >= 0.6 is 0 Å². The van der Waals surface area contributed by atoms with Crippen molar-refractivity contribution in [2.75, 3.05) is 0 Å². The lowest BCUT2D eigenvalue weighted by Gasteiger charge is -2.48. The van der Waals surface area contributed by atoms with E-state index in [1.165, 1.54) is 133 Å². The van der Waals surface area contributed by atoms with Crippen LogP contribution in [0.4, 0.5) is 0 Å². The number of rotatable bonds is 0. The molecule has 6 rings (SSSR count). The van der Waals surface area contributed by atoms with Crippen molar-refractivity contribution in [3.63, 3.8) is 0 Å². The summed E-state index contributed by atoms with van der Waals surface area (Å²) >= 11 is 0. The number of aliphatic imine (C=N–C) groups is 1. The SMILES string of the molecule is C1=C\C=C/C2=C(\C=C/1)C1=C(C3CCCCCCCC23)C2CCCCCCCC3CCCCCC(=N1)C32. The largest absolute Gasteiger partial charge is 0.257 e. The van der Waals surface area contributed by atoms with Crippen LogP contribution in [0, 0.1) is 29.6 Å². The van der Waals surface area contributed by atoms with E-state index in [0.29, 0.717) is 5.92 Å². The molecule has 1 nitrogen and oxygen atoms in total. The maximum Gasteiger partial charge on any atom is 0.0702 e. The maximum absolute atomic E-state index is 5.79. The normalized spacial score (nSPS) is 38.4. The van der Waals surface area contributed by atoms with Crippen molar-refractivity contribution in [2.24, 2.45) is 34.6 Å². The van der Waals surface area contributed by atoms with Gasteiger partial charge in [0, 0.05) is 17.2 Å². The molecular formula is C35H49N. The highest BCUT2D eigenvalue weighted by molar-refractivity contribution is 5.91. The molecule has 6 aliphatic rings. The van der Waals surface area contributed by atoms with Crippen LogP contribution in [-0.4, -0.2) is 5.71 Å². The molecule has 1 aliphatic heterocycles. The minimum absolute atomic E-state index is 0.698. The Morgan fingerprint density at radius 1 is 0.528 bits per heavy atom. The first kappa shape index (κ1) is 24.7. The second-order valence-corrected chi connectivity index (χ2v) is 12.8. The van der Waals surface area contributed by atoms with E-state index in [1.807, 2.05) is 5.57 Å². The first-order chi connectivity index (χ1) is 17.9. The maximum atomic E-state index is 5.79. The highest BCUT2D eigenvalue weighted by Gasteiger charge is 2.46. The van der Waals surface area contributed by atoms with Crippen molar-refractivity contribution >= 4 is 5.71 Å². The van der Waals surface area contributed by atoms with Gasteiger partial charge in [0.25, 0.3) is 0 Å².